The number of hydrogen-bond acceptors (Lipinski definition) is 8. The van der Waals surface area contributed by atoms with Gasteiger partial charge in [-0.3, -0.25) is 4.72 Å². The van der Waals surface area contributed by atoms with Crippen LogP contribution in [0.5, 0.6) is 11.5 Å². The zero-order chi connectivity index (χ0) is 25.8. The average Bonchev–Trinajstić information content (AvgIpc) is 3.11. The quantitative estimate of drug-likeness (QED) is 0.293. The Bertz CT molecular complexity index is 1510. The average molecular weight is 518 g/mol. The Hall–Kier alpha value is -4.31. The molecule has 2 heterocycles. The lowest BCUT2D eigenvalue weighted by Gasteiger charge is -2.13. The Morgan fingerprint density at radius 1 is 0.730 bits per heavy atom. The van der Waals surface area contributed by atoms with Crippen LogP contribution in [0.25, 0.3) is 0 Å². The fourth-order valence-corrected chi connectivity index (χ4v) is 4.82. The molecule has 0 fully saturated rings. The molecule has 0 spiro atoms. The molecule has 9 nitrogen and oxygen atoms in total. The highest BCUT2D eigenvalue weighted by molar-refractivity contribution is 7.92. The Kier molecular flexibility index (Phi) is 6.82. The number of aryl methyl sites for hydroxylation is 2. The van der Waals surface area contributed by atoms with Crippen LogP contribution < -0.4 is 24.8 Å². The van der Waals surface area contributed by atoms with Gasteiger partial charge >= 0.3 is 0 Å². The van der Waals surface area contributed by atoms with Crippen molar-refractivity contribution < 1.29 is 17.9 Å². The molecule has 0 saturated heterocycles. The SMILES string of the molecule is Cc1ccc(Nc2cc(C)nc(Nc3ccc(NS(=O)(=O)c4ccc5c(c4)OCCCO5)cc3)n2)cc1. The van der Waals surface area contributed by atoms with Crippen molar-refractivity contribution in [2.24, 2.45) is 0 Å². The van der Waals surface area contributed by atoms with E-state index < -0.39 is 10.0 Å². The first-order chi connectivity index (χ1) is 17.8. The number of anilines is 5. The summed E-state index contributed by atoms with van der Waals surface area (Å²) >= 11 is 0. The molecule has 0 atom stereocenters. The van der Waals surface area contributed by atoms with E-state index in [1.54, 1.807) is 30.3 Å². The standard InChI is InChI=1S/C27H27N5O4S/c1-18-4-6-20(7-5-18)29-26-16-19(2)28-27(31-26)30-21-8-10-22(11-9-21)32-37(33,34)23-12-13-24-25(17-23)36-15-3-14-35-24/h4-13,16-17,32H,3,14-15H2,1-2H3,(H2,28,29,30,31). The molecule has 5 rings (SSSR count). The van der Waals surface area contributed by atoms with Gasteiger partial charge in [0, 0.05) is 41.3 Å². The molecule has 0 aliphatic carbocycles. The second kappa shape index (κ2) is 10.4. The summed E-state index contributed by atoms with van der Waals surface area (Å²) in [6.07, 6.45) is 0.744. The highest BCUT2D eigenvalue weighted by atomic mass is 32.2. The maximum Gasteiger partial charge on any atom is 0.262 e. The second-order valence-electron chi connectivity index (χ2n) is 8.68. The van der Waals surface area contributed by atoms with Crippen molar-refractivity contribution in [2.45, 2.75) is 25.2 Å². The van der Waals surface area contributed by atoms with E-state index in [2.05, 4.69) is 25.3 Å². The number of sulfonamides is 1. The number of nitrogens with one attached hydrogen (secondary N) is 3. The Balaban J connectivity index is 1.27. The van der Waals surface area contributed by atoms with Gasteiger partial charge < -0.3 is 20.1 Å². The van der Waals surface area contributed by atoms with Crippen molar-refractivity contribution in [1.82, 2.24) is 9.97 Å². The minimum atomic E-state index is -3.81. The van der Waals surface area contributed by atoms with Gasteiger partial charge in [0.05, 0.1) is 18.1 Å². The smallest absolute Gasteiger partial charge is 0.262 e. The number of hydrogen-bond donors (Lipinski definition) is 3. The lowest BCUT2D eigenvalue weighted by atomic mass is 10.2. The van der Waals surface area contributed by atoms with Crippen molar-refractivity contribution in [1.29, 1.82) is 0 Å². The van der Waals surface area contributed by atoms with Crippen molar-refractivity contribution in [2.75, 3.05) is 28.6 Å². The molecule has 0 bridgehead atoms. The maximum atomic E-state index is 12.9. The van der Waals surface area contributed by atoms with Crippen LogP contribution >= 0.6 is 0 Å². The Morgan fingerprint density at radius 3 is 2.14 bits per heavy atom. The van der Waals surface area contributed by atoms with Crippen LogP contribution in [0.1, 0.15) is 17.7 Å². The first-order valence-electron chi connectivity index (χ1n) is 11.8. The molecule has 190 valence electrons. The minimum Gasteiger partial charge on any atom is -0.490 e. The van der Waals surface area contributed by atoms with E-state index in [-0.39, 0.29) is 4.90 Å². The number of aromatic nitrogens is 2. The van der Waals surface area contributed by atoms with Gasteiger partial charge in [-0.15, -0.1) is 0 Å². The maximum absolute atomic E-state index is 12.9. The molecule has 0 amide bonds. The van der Waals surface area contributed by atoms with Gasteiger partial charge in [0.25, 0.3) is 10.0 Å². The molecule has 1 aromatic heterocycles. The molecule has 1 aliphatic rings. The fraction of sp³-hybridized carbons (Fsp3) is 0.185. The van der Waals surface area contributed by atoms with E-state index in [0.29, 0.717) is 47.9 Å². The molecule has 3 aromatic carbocycles. The number of fused-ring (bicyclic) bond motifs is 1. The third-order valence-electron chi connectivity index (χ3n) is 5.60. The van der Waals surface area contributed by atoms with Gasteiger partial charge in [-0.1, -0.05) is 17.7 Å². The van der Waals surface area contributed by atoms with E-state index in [1.165, 1.54) is 17.7 Å². The van der Waals surface area contributed by atoms with Crippen LogP contribution in [0.15, 0.2) is 77.7 Å². The molecule has 37 heavy (non-hydrogen) atoms. The molecule has 0 unspecified atom stereocenters. The summed E-state index contributed by atoms with van der Waals surface area (Å²) < 4.78 is 39.7. The highest BCUT2D eigenvalue weighted by Gasteiger charge is 2.19. The molecule has 0 saturated carbocycles. The predicted molar refractivity (Wildman–Crippen MR) is 144 cm³/mol. The summed E-state index contributed by atoms with van der Waals surface area (Å²) in [5, 5.41) is 6.46. The van der Waals surface area contributed by atoms with Crippen molar-refractivity contribution in [3.8, 4) is 11.5 Å². The Morgan fingerprint density at radius 2 is 1.38 bits per heavy atom. The number of ether oxygens (including phenoxy) is 2. The van der Waals surface area contributed by atoms with Crippen LogP contribution in [0.2, 0.25) is 0 Å². The molecule has 10 heteroatoms. The van der Waals surface area contributed by atoms with E-state index in [0.717, 1.165) is 17.8 Å². The van der Waals surface area contributed by atoms with Gasteiger partial charge in [0.15, 0.2) is 11.5 Å². The van der Waals surface area contributed by atoms with Gasteiger partial charge in [0.2, 0.25) is 5.95 Å². The molecular weight excluding hydrogens is 490 g/mol. The second-order valence-corrected chi connectivity index (χ2v) is 10.4. The molecule has 3 N–H and O–H groups in total. The normalized spacial score (nSPS) is 12.9. The van der Waals surface area contributed by atoms with Crippen molar-refractivity contribution >= 4 is 38.9 Å². The largest absolute Gasteiger partial charge is 0.490 e. The van der Waals surface area contributed by atoms with Crippen LogP contribution in [-0.2, 0) is 10.0 Å². The van der Waals surface area contributed by atoms with E-state index in [9.17, 15) is 8.42 Å². The summed E-state index contributed by atoms with van der Waals surface area (Å²) in [5.41, 5.74) is 4.04. The van der Waals surface area contributed by atoms with Crippen LogP contribution in [0.4, 0.5) is 28.8 Å². The van der Waals surface area contributed by atoms with E-state index in [4.69, 9.17) is 9.47 Å². The topological polar surface area (TPSA) is 114 Å². The lowest BCUT2D eigenvalue weighted by Crippen LogP contribution is -2.13. The third-order valence-corrected chi connectivity index (χ3v) is 6.98. The van der Waals surface area contributed by atoms with Crippen molar-refractivity contribution in [3.05, 3.63) is 84.1 Å². The monoisotopic (exact) mass is 517 g/mol. The van der Waals surface area contributed by atoms with Gasteiger partial charge in [-0.05, 0) is 62.4 Å². The van der Waals surface area contributed by atoms with Crippen LogP contribution in [-0.4, -0.2) is 31.6 Å². The van der Waals surface area contributed by atoms with Gasteiger partial charge in [0.1, 0.15) is 5.82 Å². The zero-order valence-corrected chi connectivity index (χ0v) is 21.3. The summed E-state index contributed by atoms with van der Waals surface area (Å²) in [7, 11) is -3.81. The highest BCUT2D eigenvalue weighted by Crippen LogP contribution is 2.32. The first-order valence-corrected chi connectivity index (χ1v) is 13.3. The van der Waals surface area contributed by atoms with Crippen LogP contribution in [0.3, 0.4) is 0 Å². The molecule has 1 aliphatic heterocycles. The van der Waals surface area contributed by atoms with Gasteiger partial charge in [-0.25, -0.2) is 13.4 Å². The van der Waals surface area contributed by atoms with Crippen molar-refractivity contribution in [3.63, 3.8) is 0 Å². The summed E-state index contributed by atoms with van der Waals surface area (Å²) in [5.74, 6) is 2.06. The number of nitrogens with zero attached hydrogens (tertiary/aromatic N) is 2. The lowest BCUT2D eigenvalue weighted by molar-refractivity contribution is 0.297. The summed E-state index contributed by atoms with van der Waals surface area (Å²) in [4.78, 5) is 9.09. The number of rotatable bonds is 7. The first kappa shape index (κ1) is 24.4. The summed E-state index contributed by atoms with van der Waals surface area (Å²) in [6, 6.07) is 21.4. The van der Waals surface area contributed by atoms with E-state index >= 15 is 0 Å². The summed E-state index contributed by atoms with van der Waals surface area (Å²) in [6.45, 7) is 4.95. The molecular formula is C27H27N5O4S. The zero-order valence-electron chi connectivity index (χ0n) is 20.5. The van der Waals surface area contributed by atoms with Gasteiger partial charge in [-0.2, -0.15) is 4.98 Å². The minimum absolute atomic E-state index is 0.0979. The molecule has 4 aromatic rings. The Labute approximate surface area is 215 Å². The van der Waals surface area contributed by atoms with Crippen LogP contribution in [0, 0.1) is 13.8 Å². The molecule has 0 radical (unpaired) electrons. The fourth-order valence-electron chi connectivity index (χ4n) is 3.75. The predicted octanol–water partition coefficient (Wildman–Crippen LogP) is 5.54. The number of benzene rings is 3. The van der Waals surface area contributed by atoms with E-state index in [1.807, 2.05) is 44.2 Å². The third kappa shape index (κ3) is 6.10.